The lowest BCUT2D eigenvalue weighted by Crippen LogP contribution is -2.05. The van der Waals surface area contributed by atoms with E-state index < -0.39 is 0 Å². The molecule has 0 saturated heterocycles. The summed E-state index contributed by atoms with van der Waals surface area (Å²) in [5, 5.41) is 0. The Hall–Kier alpha value is -0.530. The summed E-state index contributed by atoms with van der Waals surface area (Å²) < 4.78 is 5.33. The van der Waals surface area contributed by atoms with Gasteiger partial charge in [0.15, 0.2) is 0 Å². The van der Waals surface area contributed by atoms with Crippen LogP contribution in [0, 0.1) is 5.92 Å². The van der Waals surface area contributed by atoms with E-state index in [1.165, 1.54) is 89.9 Å². The molecule has 26 heavy (non-hydrogen) atoms. The molecule has 0 atom stereocenters. The Labute approximate surface area is 164 Å². The Kier molecular flexibility index (Phi) is 20.4. The summed E-state index contributed by atoms with van der Waals surface area (Å²) in [6.07, 6.45) is 22.8. The molecule has 0 heterocycles. The second kappa shape index (κ2) is 20.8. The minimum absolute atomic E-state index is 0.00786. The molecule has 0 rings (SSSR count). The third-order valence-corrected chi connectivity index (χ3v) is 5.17. The summed E-state index contributed by atoms with van der Waals surface area (Å²) in [4.78, 5) is 11.6. The van der Waals surface area contributed by atoms with Crippen LogP contribution in [0.3, 0.4) is 0 Å². The number of esters is 1. The van der Waals surface area contributed by atoms with Crippen LogP contribution in [0.1, 0.15) is 136 Å². The first-order valence-electron chi connectivity index (χ1n) is 11.8. The van der Waals surface area contributed by atoms with E-state index in [1.807, 2.05) is 0 Å². The van der Waals surface area contributed by atoms with Gasteiger partial charge in [-0.2, -0.15) is 0 Å². The Balaban J connectivity index is 3.13. The molecular formula is C24H48O2. The van der Waals surface area contributed by atoms with E-state index in [4.69, 9.17) is 4.74 Å². The number of carbonyl (C=O) groups excluding carboxylic acids is 1. The van der Waals surface area contributed by atoms with Gasteiger partial charge in [0.05, 0.1) is 6.61 Å². The molecule has 0 aliphatic carbocycles. The molecule has 0 amide bonds. The van der Waals surface area contributed by atoms with Gasteiger partial charge in [-0.3, -0.25) is 4.79 Å². The molecule has 0 fully saturated rings. The molecule has 0 saturated carbocycles. The molecule has 0 aromatic carbocycles. The molecule has 0 aliphatic heterocycles. The predicted molar refractivity (Wildman–Crippen MR) is 115 cm³/mol. The maximum Gasteiger partial charge on any atom is 0.305 e. The molecule has 2 heteroatoms. The van der Waals surface area contributed by atoms with E-state index in [2.05, 4.69) is 20.8 Å². The van der Waals surface area contributed by atoms with Gasteiger partial charge in [-0.05, 0) is 18.8 Å². The van der Waals surface area contributed by atoms with Crippen molar-refractivity contribution in [3.8, 4) is 0 Å². The first-order valence-corrected chi connectivity index (χ1v) is 11.8. The first-order chi connectivity index (χ1) is 12.7. The van der Waals surface area contributed by atoms with Gasteiger partial charge in [-0.25, -0.2) is 0 Å². The van der Waals surface area contributed by atoms with Crippen LogP contribution in [0.2, 0.25) is 0 Å². The molecule has 0 aliphatic rings. The quantitative estimate of drug-likeness (QED) is 0.160. The lowest BCUT2D eigenvalue weighted by atomic mass is 10.0. The van der Waals surface area contributed by atoms with Gasteiger partial charge < -0.3 is 4.74 Å². The Morgan fingerprint density at radius 2 is 1.12 bits per heavy atom. The highest BCUT2D eigenvalue weighted by molar-refractivity contribution is 5.69. The fourth-order valence-electron chi connectivity index (χ4n) is 3.38. The van der Waals surface area contributed by atoms with Crippen LogP contribution in [0.4, 0.5) is 0 Å². The number of hydrogen-bond acceptors (Lipinski definition) is 2. The maximum atomic E-state index is 11.6. The monoisotopic (exact) mass is 368 g/mol. The smallest absolute Gasteiger partial charge is 0.305 e. The summed E-state index contributed by atoms with van der Waals surface area (Å²) >= 11 is 0. The maximum absolute atomic E-state index is 11.6. The molecule has 0 N–H and O–H groups in total. The highest BCUT2D eigenvalue weighted by atomic mass is 16.5. The molecule has 156 valence electrons. The van der Waals surface area contributed by atoms with E-state index in [-0.39, 0.29) is 5.97 Å². The van der Waals surface area contributed by atoms with E-state index in [0.29, 0.717) is 13.0 Å². The lowest BCUT2D eigenvalue weighted by Gasteiger charge is -2.06. The van der Waals surface area contributed by atoms with Crippen molar-refractivity contribution in [2.45, 2.75) is 136 Å². The van der Waals surface area contributed by atoms with Crippen LogP contribution in [0.25, 0.3) is 0 Å². The first kappa shape index (κ1) is 25.5. The predicted octanol–water partition coefficient (Wildman–Crippen LogP) is 8.23. The van der Waals surface area contributed by atoms with Crippen molar-refractivity contribution in [2.24, 2.45) is 5.92 Å². The number of hydrogen-bond donors (Lipinski definition) is 0. The molecule has 0 radical (unpaired) electrons. The van der Waals surface area contributed by atoms with Crippen LogP contribution >= 0.6 is 0 Å². The lowest BCUT2D eigenvalue weighted by molar-refractivity contribution is -0.143. The van der Waals surface area contributed by atoms with Crippen molar-refractivity contribution >= 4 is 5.97 Å². The van der Waals surface area contributed by atoms with Crippen LogP contribution in [-0.2, 0) is 9.53 Å². The zero-order valence-corrected chi connectivity index (χ0v) is 18.3. The Bertz CT molecular complexity index is 286. The van der Waals surface area contributed by atoms with Gasteiger partial charge in [0, 0.05) is 6.42 Å². The summed E-state index contributed by atoms with van der Waals surface area (Å²) in [5.41, 5.74) is 0. The van der Waals surface area contributed by atoms with Crippen LogP contribution in [0.5, 0.6) is 0 Å². The minimum atomic E-state index is 0.00786. The van der Waals surface area contributed by atoms with E-state index in [0.717, 1.165) is 25.2 Å². The minimum Gasteiger partial charge on any atom is -0.466 e. The summed E-state index contributed by atoms with van der Waals surface area (Å²) in [5.74, 6) is 0.783. The van der Waals surface area contributed by atoms with Crippen LogP contribution in [0.15, 0.2) is 0 Å². The zero-order chi connectivity index (χ0) is 19.3. The van der Waals surface area contributed by atoms with Gasteiger partial charge in [0.25, 0.3) is 0 Å². The average Bonchev–Trinajstić information content (AvgIpc) is 2.61. The highest BCUT2D eigenvalue weighted by Gasteiger charge is 2.03. The van der Waals surface area contributed by atoms with Crippen molar-refractivity contribution in [3.05, 3.63) is 0 Å². The summed E-state index contributed by atoms with van der Waals surface area (Å²) in [6.45, 7) is 7.41. The van der Waals surface area contributed by atoms with Crippen LogP contribution in [-0.4, -0.2) is 12.6 Å². The number of ether oxygens (including phenoxy) is 1. The van der Waals surface area contributed by atoms with Crippen molar-refractivity contribution < 1.29 is 9.53 Å². The number of rotatable bonds is 20. The third-order valence-electron chi connectivity index (χ3n) is 5.17. The molecule has 0 bridgehead atoms. The van der Waals surface area contributed by atoms with E-state index >= 15 is 0 Å². The number of carbonyl (C=O) groups is 1. The molecular weight excluding hydrogens is 320 g/mol. The summed E-state index contributed by atoms with van der Waals surface area (Å²) in [7, 11) is 0. The van der Waals surface area contributed by atoms with E-state index in [1.54, 1.807) is 0 Å². The Morgan fingerprint density at radius 1 is 0.654 bits per heavy atom. The SMILES string of the molecule is CCCCCCCCCCCCCCCOC(=O)CCCCCC(C)C. The average molecular weight is 369 g/mol. The van der Waals surface area contributed by atoms with Gasteiger partial charge in [0.1, 0.15) is 0 Å². The van der Waals surface area contributed by atoms with Crippen molar-refractivity contribution in [2.75, 3.05) is 6.61 Å². The van der Waals surface area contributed by atoms with Crippen molar-refractivity contribution in [1.82, 2.24) is 0 Å². The fourth-order valence-corrected chi connectivity index (χ4v) is 3.38. The highest BCUT2D eigenvalue weighted by Crippen LogP contribution is 2.13. The fraction of sp³-hybridized carbons (Fsp3) is 0.958. The summed E-state index contributed by atoms with van der Waals surface area (Å²) in [6, 6.07) is 0. The van der Waals surface area contributed by atoms with E-state index in [9.17, 15) is 4.79 Å². The van der Waals surface area contributed by atoms with Crippen molar-refractivity contribution in [1.29, 1.82) is 0 Å². The molecule has 0 aromatic rings. The van der Waals surface area contributed by atoms with Gasteiger partial charge in [-0.15, -0.1) is 0 Å². The third kappa shape index (κ3) is 21.5. The number of unbranched alkanes of at least 4 members (excludes halogenated alkanes) is 14. The van der Waals surface area contributed by atoms with Crippen molar-refractivity contribution in [3.63, 3.8) is 0 Å². The molecule has 0 unspecified atom stereocenters. The van der Waals surface area contributed by atoms with Crippen LogP contribution < -0.4 is 0 Å². The molecule has 0 spiro atoms. The second-order valence-electron chi connectivity index (χ2n) is 8.46. The topological polar surface area (TPSA) is 26.3 Å². The second-order valence-corrected chi connectivity index (χ2v) is 8.46. The van der Waals surface area contributed by atoms with Gasteiger partial charge in [0.2, 0.25) is 0 Å². The normalized spacial score (nSPS) is 11.2. The zero-order valence-electron chi connectivity index (χ0n) is 18.3. The standard InChI is InChI=1S/C24H48O2/c1-4-5-6-7-8-9-10-11-12-13-14-15-19-22-26-24(25)21-18-16-17-20-23(2)3/h23H,4-22H2,1-3H3. The largest absolute Gasteiger partial charge is 0.466 e. The van der Waals surface area contributed by atoms with Gasteiger partial charge in [-0.1, -0.05) is 117 Å². The molecule has 0 aromatic heterocycles. The van der Waals surface area contributed by atoms with Gasteiger partial charge >= 0.3 is 5.97 Å². The molecule has 2 nitrogen and oxygen atoms in total. The Morgan fingerprint density at radius 3 is 1.62 bits per heavy atom.